The number of rotatable bonds is 6. The van der Waals surface area contributed by atoms with Crippen LogP contribution in [0.5, 0.6) is 0 Å². The van der Waals surface area contributed by atoms with E-state index >= 15 is 0 Å². The Kier molecular flexibility index (Phi) is 5.10. The van der Waals surface area contributed by atoms with Gasteiger partial charge in [0.15, 0.2) is 0 Å². The summed E-state index contributed by atoms with van der Waals surface area (Å²) < 4.78 is 5.51. The first-order chi connectivity index (χ1) is 12.8. The van der Waals surface area contributed by atoms with Crippen LogP contribution in [0.2, 0.25) is 0 Å². The van der Waals surface area contributed by atoms with Gasteiger partial charge in [-0.1, -0.05) is 24.3 Å². The topological polar surface area (TPSA) is 75.7 Å². The summed E-state index contributed by atoms with van der Waals surface area (Å²) in [4.78, 5) is 38.4. The number of fused-ring (bicyclic) bond motifs is 1. The molecule has 1 aliphatic rings. The number of aryl methyl sites for hydroxylation is 1. The van der Waals surface area contributed by atoms with Gasteiger partial charge in [0, 0.05) is 5.69 Å². The molecule has 6 heteroatoms. The standard InChI is InChI=1S/C21H22N2O4/c1-14-7-6-8-15(11-14)22-18(24)12-27-13-21(2,3)23-19(25)16-9-4-5-10-17(16)20(23)26/h4-11H,12-13H2,1-3H3,(H,22,24). The highest BCUT2D eigenvalue weighted by Gasteiger charge is 2.44. The number of anilines is 1. The molecule has 27 heavy (non-hydrogen) atoms. The van der Waals surface area contributed by atoms with Crippen LogP contribution in [0.3, 0.4) is 0 Å². The number of ether oxygens (including phenoxy) is 1. The zero-order chi connectivity index (χ0) is 19.6. The van der Waals surface area contributed by atoms with Gasteiger partial charge in [0.25, 0.3) is 11.8 Å². The van der Waals surface area contributed by atoms with Crippen LogP contribution >= 0.6 is 0 Å². The summed E-state index contributed by atoms with van der Waals surface area (Å²) in [5.74, 6) is -0.972. The third-order valence-electron chi connectivity index (χ3n) is 4.39. The fraction of sp³-hybridized carbons (Fsp3) is 0.286. The van der Waals surface area contributed by atoms with E-state index in [0.717, 1.165) is 5.56 Å². The molecule has 0 saturated carbocycles. The Bertz CT molecular complexity index is 870. The molecular formula is C21H22N2O4. The maximum Gasteiger partial charge on any atom is 0.262 e. The number of benzene rings is 2. The number of nitrogens with zero attached hydrogens (tertiary/aromatic N) is 1. The summed E-state index contributed by atoms with van der Waals surface area (Å²) >= 11 is 0. The molecule has 0 unspecified atom stereocenters. The van der Waals surface area contributed by atoms with Crippen LogP contribution < -0.4 is 5.32 Å². The Labute approximate surface area is 158 Å². The number of amides is 3. The molecule has 0 fully saturated rings. The van der Waals surface area contributed by atoms with E-state index in [1.165, 1.54) is 4.90 Å². The summed E-state index contributed by atoms with van der Waals surface area (Å²) in [6.45, 7) is 5.32. The monoisotopic (exact) mass is 366 g/mol. The second-order valence-electron chi connectivity index (χ2n) is 7.21. The lowest BCUT2D eigenvalue weighted by atomic mass is 10.0. The average molecular weight is 366 g/mol. The number of hydrogen-bond donors (Lipinski definition) is 1. The van der Waals surface area contributed by atoms with E-state index < -0.39 is 5.54 Å². The molecule has 1 heterocycles. The van der Waals surface area contributed by atoms with E-state index in [1.54, 1.807) is 44.2 Å². The molecule has 0 radical (unpaired) electrons. The minimum absolute atomic E-state index is 0.0553. The van der Waals surface area contributed by atoms with Gasteiger partial charge in [0.2, 0.25) is 5.91 Å². The van der Waals surface area contributed by atoms with Crippen molar-refractivity contribution in [1.29, 1.82) is 0 Å². The predicted octanol–water partition coefficient (Wildman–Crippen LogP) is 3.02. The lowest BCUT2D eigenvalue weighted by Crippen LogP contribution is -2.50. The van der Waals surface area contributed by atoms with Crippen molar-refractivity contribution in [3.63, 3.8) is 0 Å². The third kappa shape index (κ3) is 3.90. The fourth-order valence-corrected chi connectivity index (χ4v) is 3.12. The van der Waals surface area contributed by atoms with Gasteiger partial charge in [0.05, 0.1) is 23.3 Å². The molecule has 0 aliphatic carbocycles. The molecule has 2 aromatic carbocycles. The van der Waals surface area contributed by atoms with E-state index in [0.29, 0.717) is 16.8 Å². The van der Waals surface area contributed by atoms with Gasteiger partial charge < -0.3 is 10.1 Å². The van der Waals surface area contributed by atoms with E-state index in [1.807, 2.05) is 25.1 Å². The average Bonchev–Trinajstić information content (AvgIpc) is 2.87. The summed E-state index contributed by atoms with van der Waals surface area (Å²) in [6, 6.07) is 14.2. The fourth-order valence-electron chi connectivity index (χ4n) is 3.12. The number of imide groups is 1. The van der Waals surface area contributed by atoms with Crippen LogP contribution in [-0.2, 0) is 9.53 Å². The highest BCUT2D eigenvalue weighted by atomic mass is 16.5. The Morgan fingerprint density at radius 3 is 2.26 bits per heavy atom. The smallest absolute Gasteiger partial charge is 0.262 e. The van der Waals surface area contributed by atoms with Gasteiger partial charge in [-0.3, -0.25) is 19.3 Å². The minimum atomic E-state index is -0.878. The van der Waals surface area contributed by atoms with Gasteiger partial charge >= 0.3 is 0 Å². The second-order valence-corrected chi connectivity index (χ2v) is 7.21. The molecule has 3 rings (SSSR count). The number of hydrogen-bond acceptors (Lipinski definition) is 4. The third-order valence-corrected chi connectivity index (χ3v) is 4.39. The normalized spacial score (nSPS) is 13.7. The maximum atomic E-state index is 12.6. The van der Waals surface area contributed by atoms with Crippen molar-refractivity contribution in [2.24, 2.45) is 0 Å². The van der Waals surface area contributed by atoms with Crippen LogP contribution in [0, 0.1) is 6.92 Å². The Morgan fingerprint density at radius 1 is 1.04 bits per heavy atom. The van der Waals surface area contributed by atoms with Crippen molar-refractivity contribution in [2.45, 2.75) is 26.3 Å². The zero-order valence-corrected chi connectivity index (χ0v) is 15.6. The number of carbonyl (C=O) groups is 3. The molecule has 0 saturated heterocycles. The molecule has 140 valence electrons. The van der Waals surface area contributed by atoms with Crippen LogP contribution in [0.1, 0.15) is 40.1 Å². The van der Waals surface area contributed by atoms with Crippen molar-refractivity contribution in [1.82, 2.24) is 4.90 Å². The molecule has 6 nitrogen and oxygen atoms in total. The second kappa shape index (κ2) is 7.32. The van der Waals surface area contributed by atoms with E-state index in [-0.39, 0.29) is 30.9 Å². The van der Waals surface area contributed by atoms with Crippen molar-refractivity contribution >= 4 is 23.4 Å². The number of carbonyl (C=O) groups excluding carboxylic acids is 3. The van der Waals surface area contributed by atoms with E-state index in [2.05, 4.69) is 5.32 Å². The Morgan fingerprint density at radius 2 is 1.67 bits per heavy atom. The lowest BCUT2D eigenvalue weighted by molar-refractivity contribution is -0.121. The highest BCUT2D eigenvalue weighted by molar-refractivity contribution is 6.21. The first-order valence-electron chi connectivity index (χ1n) is 8.72. The van der Waals surface area contributed by atoms with Gasteiger partial charge in [0.1, 0.15) is 6.61 Å². The van der Waals surface area contributed by atoms with Crippen LogP contribution in [0.4, 0.5) is 5.69 Å². The largest absolute Gasteiger partial charge is 0.369 e. The molecule has 0 spiro atoms. The van der Waals surface area contributed by atoms with Crippen LogP contribution in [-0.4, -0.2) is 41.4 Å². The maximum absolute atomic E-state index is 12.6. The molecular weight excluding hydrogens is 344 g/mol. The van der Waals surface area contributed by atoms with Gasteiger partial charge in [-0.05, 0) is 50.6 Å². The molecule has 3 amide bonds. The van der Waals surface area contributed by atoms with Crippen molar-refractivity contribution in [3.05, 3.63) is 65.2 Å². The van der Waals surface area contributed by atoms with Gasteiger partial charge in [-0.15, -0.1) is 0 Å². The van der Waals surface area contributed by atoms with Crippen LogP contribution in [0.15, 0.2) is 48.5 Å². The molecule has 0 atom stereocenters. The predicted molar refractivity (Wildman–Crippen MR) is 102 cm³/mol. The Hall–Kier alpha value is -2.99. The zero-order valence-electron chi connectivity index (χ0n) is 15.6. The molecule has 1 N–H and O–H groups in total. The van der Waals surface area contributed by atoms with Crippen molar-refractivity contribution in [3.8, 4) is 0 Å². The SMILES string of the molecule is Cc1cccc(NC(=O)COCC(C)(C)N2C(=O)c3ccccc3C2=O)c1. The van der Waals surface area contributed by atoms with Crippen LogP contribution in [0.25, 0.3) is 0 Å². The molecule has 0 bridgehead atoms. The van der Waals surface area contributed by atoms with Crippen molar-refractivity contribution < 1.29 is 19.1 Å². The van der Waals surface area contributed by atoms with Gasteiger partial charge in [-0.25, -0.2) is 0 Å². The summed E-state index contributed by atoms with van der Waals surface area (Å²) in [6.07, 6.45) is 0. The first-order valence-corrected chi connectivity index (χ1v) is 8.72. The summed E-state index contributed by atoms with van der Waals surface area (Å²) in [7, 11) is 0. The molecule has 1 aliphatic heterocycles. The van der Waals surface area contributed by atoms with E-state index in [9.17, 15) is 14.4 Å². The molecule has 2 aromatic rings. The first kappa shape index (κ1) is 18.8. The lowest BCUT2D eigenvalue weighted by Gasteiger charge is -2.33. The quantitative estimate of drug-likeness (QED) is 0.798. The number of nitrogens with one attached hydrogen (secondary N) is 1. The highest BCUT2D eigenvalue weighted by Crippen LogP contribution is 2.29. The summed E-state index contributed by atoms with van der Waals surface area (Å²) in [5, 5.41) is 2.76. The van der Waals surface area contributed by atoms with Crippen molar-refractivity contribution in [2.75, 3.05) is 18.5 Å². The van der Waals surface area contributed by atoms with Gasteiger partial charge in [-0.2, -0.15) is 0 Å². The van der Waals surface area contributed by atoms with E-state index in [4.69, 9.17) is 4.74 Å². The summed E-state index contributed by atoms with van der Waals surface area (Å²) in [5.41, 5.74) is 1.65. The molecule has 0 aromatic heterocycles. The Balaban J connectivity index is 1.58. The minimum Gasteiger partial charge on any atom is -0.369 e.